The van der Waals surface area contributed by atoms with Crippen LogP contribution >= 0.6 is 0 Å². The lowest BCUT2D eigenvalue weighted by molar-refractivity contribution is 0.0739. The van der Waals surface area contributed by atoms with Crippen LogP contribution in [0.4, 0.5) is 5.69 Å². The van der Waals surface area contributed by atoms with Crippen LogP contribution in [0.5, 0.6) is 5.75 Å². The molecule has 0 atom stereocenters. The van der Waals surface area contributed by atoms with Gasteiger partial charge in [0.15, 0.2) is 11.5 Å². The second-order valence-corrected chi connectivity index (χ2v) is 7.52. The molecule has 4 rings (SSSR count). The summed E-state index contributed by atoms with van der Waals surface area (Å²) in [6.45, 7) is 6.03. The van der Waals surface area contributed by atoms with Gasteiger partial charge in [-0.2, -0.15) is 0 Å². The largest absolute Gasteiger partial charge is 0.497 e. The molecule has 2 heterocycles. The zero-order valence-corrected chi connectivity index (χ0v) is 17.9. The van der Waals surface area contributed by atoms with Crippen LogP contribution in [0, 0.1) is 6.92 Å². The molecule has 1 aliphatic heterocycles. The van der Waals surface area contributed by atoms with Crippen molar-refractivity contribution in [2.24, 2.45) is 0 Å². The Kier molecular flexibility index (Phi) is 5.70. The summed E-state index contributed by atoms with van der Waals surface area (Å²) in [5.74, 6) is 0.658. The standard InChI is InChI=1S/C23H25N5O3/c1-16-22(24-25-28(16)20-5-4-6-21(15-20)31-3)23(30)27-13-11-26(12-14-27)19-9-7-18(8-10-19)17(2)29/h4-10,15H,11-14H2,1-3H3. The lowest BCUT2D eigenvalue weighted by Crippen LogP contribution is -2.49. The van der Waals surface area contributed by atoms with Gasteiger partial charge in [0.1, 0.15) is 5.75 Å². The predicted molar refractivity (Wildman–Crippen MR) is 117 cm³/mol. The highest BCUT2D eigenvalue weighted by Crippen LogP contribution is 2.21. The number of ketones is 1. The molecule has 0 bridgehead atoms. The Bertz CT molecular complexity index is 1100. The summed E-state index contributed by atoms with van der Waals surface area (Å²) < 4.78 is 6.93. The van der Waals surface area contributed by atoms with Crippen molar-refractivity contribution in [1.82, 2.24) is 19.9 Å². The Hall–Kier alpha value is -3.68. The monoisotopic (exact) mass is 419 g/mol. The van der Waals surface area contributed by atoms with Crippen LogP contribution in [0.3, 0.4) is 0 Å². The number of anilines is 1. The molecule has 3 aromatic rings. The highest BCUT2D eigenvalue weighted by molar-refractivity contribution is 5.94. The van der Waals surface area contributed by atoms with E-state index in [-0.39, 0.29) is 11.7 Å². The number of benzene rings is 2. The number of nitrogens with zero attached hydrogens (tertiary/aromatic N) is 5. The smallest absolute Gasteiger partial charge is 0.276 e. The Balaban J connectivity index is 1.44. The van der Waals surface area contributed by atoms with Crippen molar-refractivity contribution < 1.29 is 14.3 Å². The normalized spacial score (nSPS) is 13.9. The molecular weight excluding hydrogens is 394 g/mol. The fourth-order valence-corrected chi connectivity index (χ4v) is 3.74. The first kappa shape index (κ1) is 20.6. The molecule has 0 unspecified atom stereocenters. The third-order valence-electron chi connectivity index (χ3n) is 5.60. The van der Waals surface area contributed by atoms with Gasteiger partial charge >= 0.3 is 0 Å². The molecular formula is C23H25N5O3. The van der Waals surface area contributed by atoms with E-state index in [1.54, 1.807) is 18.7 Å². The van der Waals surface area contributed by atoms with E-state index >= 15 is 0 Å². The van der Waals surface area contributed by atoms with Crippen LogP contribution in [0.15, 0.2) is 48.5 Å². The summed E-state index contributed by atoms with van der Waals surface area (Å²) >= 11 is 0. The first-order valence-electron chi connectivity index (χ1n) is 10.2. The summed E-state index contributed by atoms with van der Waals surface area (Å²) in [6, 6.07) is 15.1. The first-order chi connectivity index (χ1) is 15.0. The molecule has 0 saturated carbocycles. The minimum atomic E-state index is -0.113. The maximum atomic E-state index is 13.1. The van der Waals surface area contributed by atoms with Gasteiger partial charge in [-0.15, -0.1) is 5.10 Å². The van der Waals surface area contributed by atoms with Gasteiger partial charge in [0, 0.05) is 43.5 Å². The second kappa shape index (κ2) is 8.59. The van der Waals surface area contributed by atoms with Crippen LogP contribution in [-0.4, -0.2) is 64.9 Å². The van der Waals surface area contributed by atoms with Crippen LogP contribution < -0.4 is 9.64 Å². The number of aromatic nitrogens is 3. The Labute approximate surface area is 181 Å². The lowest BCUT2D eigenvalue weighted by atomic mass is 10.1. The molecule has 0 N–H and O–H groups in total. The van der Waals surface area contributed by atoms with Crippen molar-refractivity contribution in [1.29, 1.82) is 0 Å². The molecule has 1 saturated heterocycles. The maximum absolute atomic E-state index is 13.1. The SMILES string of the molecule is COc1cccc(-n2nnc(C(=O)N3CCN(c4ccc(C(C)=O)cc4)CC3)c2C)c1. The highest BCUT2D eigenvalue weighted by atomic mass is 16.5. The number of methoxy groups -OCH3 is 1. The number of hydrogen-bond donors (Lipinski definition) is 0. The van der Waals surface area contributed by atoms with Crippen molar-refractivity contribution in [3.63, 3.8) is 0 Å². The quantitative estimate of drug-likeness (QED) is 0.592. The van der Waals surface area contributed by atoms with Crippen molar-refractivity contribution in [2.75, 3.05) is 38.2 Å². The van der Waals surface area contributed by atoms with Gasteiger partial charge in [-0.3, -0.25) is 9.59 Å². The van der Waals surface area contributed by atoms with E-state index < -0.39 is 0 Å². The minimum absolute atomic E-state index is 0.0549. The van der Waals surface area contributed by atoms with Crippen molar-refractivity contribution in [3.8, 4) is 11.4 Å². The van der Waals surface area contributed by atoms with E-state index in [0.29, 0.717) is 48.9 Å². The molecule has 1 aromatic heterocycles. The summed E-state index contributed by atoms with van der Waals surface area (Å²) in [7, 11) is 1.61. The third-order valence-corrected chi connectivity index (χ3v) is 5.60. The number of carbonyl (C=O) groups excluding carboxylic acids is 2. The Morgan fingerprint density at radius 1 is 0.968 bits per heavy atom. The number of carbonyl (C=O) groups is 2. The maximum Gasteiger partial charge on any atom is 0.276 e. The van der Waals surface area contributed by atoms with E-state index in [1.807, 2.05) is 60.4 Å². The summed E-state index contributed by atoms with van der Waals surface area (Å²) in [6.07, 6.45) is 0. The fraction of sp³-hybridized carbons (Fsp3) is 0.304. The molecule has 0 aliphatic carbocycles. The zero-order chi connectivity index (χ0) is 22.0. The molecule has 1 fully saturated rings. The molecule has 8 nitrogen and oxygen atoms in total. The molecule has 2 aromatic carbocycles. The molecule has 160 valence electrons. The Morgan fingerprint density at radius 2 is 1.68 bits per heavy atom. The van der Waals surface area contributed by atoms with Crippen LogP contribution in [0.2, 0.25) is 0 Å². The lowest BCUT2D eigenvalue weighted by Gasteiger charge is -2.35. The second-order valence-electron chi connectivity index (χ2n) is 7.52. The van der Waals surface area contributed by atoms with Crippen molar-refractivity contribution in [3.05, 3.63) is 65.5 Å². The summed E-state index contributed by atoms with van der Waals surface area (Å²) in [5, 5.41) is 8.35. The number of rotatable bonds is 5. The van der Waals surface area contributed by atoms with E-state index in [1.165, 1.54) is 0 Å². The zero-order valence-electron chi connectivity index (χ0n) is 17.9. The minimum Gasteiger partial charge on any atom is -0.497 e. The van der Waals surface area contributed by atoms with Gasteiger partial charge in [-0.1, -0.05) is 11.3 Å². The number of Topliss-reactive ketones (excluding diaryl/α,β-unsaturated/α-hetero) is 1. The van der Waals surface area contributed by atoms with Crippen molar-refractivity contribution in [2.45, 2.75) is 13.8 Å². The highest BCUT2D eigenvalue weighted by Gasteiger charge is 2.26. The van der Waals surface area contributed by atoms with Gasteiger partial charge in [-0.05, 0) is 50.2 Å². The molecule has 1 amide bonds. The van der Waals surface area contributed by atoms with Crippen LogP contribution in [0.1, 0.15) is 33.5 Å². The van der Waals surface area contributed by atoms with E-state index in [2.05, 4.69) is 15.2 Å². The van der Waals surface area contributed by atoms with Crippen LogP contribution in [0.25, 0.3) is 5.69 Å². The molecule has 31 heavy (non-hydrogen) atoms. The summed E-state index contributed by atoms with van der Waals surface area (Å²) in [5.41, 5.74) is 3.61. The predicted octanol–water partition coefficient (Wildman–Crippen LogP) is 2.75. The number of ether oxygens (including phenoxy) is 1. The van der Waals surface area contributed by atoms with Gasteiger partial charge < -0.3 is 14.5 Å². The van der Waals surface area contributed by atoms with Gasteiger partial charge in [0.05, 0.1) is 18.5 Å². The first-order valence-corrected chi connectivity index (χ1v) is 10.2. The molecule has 0 spiro atoms. The molecule has 0 radical (unpaired) electrons. The van der Waals surface area contributed by atoms with Crippen LogP contribution in [-0.2, 0) is 0 Å². The number of amides is 1. The molecule has 8 heteroatoms. The molecule has 1 aliphatic rings. The van der Waals surface area contributed by atoms with E-state index in [9.17, 15) is 9.59 Å². The van der Waals surface area contributed by atoms with Gasteiger partial charge in [-0.25, -0.2) is 4.68 Å². The van der Waals surface area contributed by atoms with E-state index in [4.69, 9.17) is 4.74 Å². The fourth-order valence-electron chi connectivity index (χ4n) is 3.74. The number of piperazine rings is 1. The van der Waals surface area contributed by atoms with Crippen molar-refractivity contribution >= 4 is 17.4 Å². The van der Waals surface area contributed by atoms with E-state index in [0.717, 1.165) is 11.4 Å². The third kappa shape index (κ3) is 4.14. The average Bonchev–Trinajstić information content (AvgIpc) is 3.20. The van der Waals surface area contributed by atoms with Gasteiger partial charge in [0.25, 0.3) is 5.91 Å². The van der Waals surface area contributed by atoms with Gasteiger partial charge in [0.2, 0.25) is 0 Å². The average molecular weight is 419 g/mol. The topological polar surface area (TPSA) is 80.6 Å². The summed E-state index contributed by atoms with van der Waals surface area (Å²) in [4.78, 5) is 28.6. The Morgan fingerprint density at radius 3 is 2.32 bits per heavy atom. The number of hydrogen-bond acceptors (Lipinski definition) is 6.